The fourth-order valence-corrected chi connectivity index (χ4v) is 5.05. The summed E-state index contributed by atoms with van der Waals surface area (Å²) < 4.78 is 0. The molecule has 0 saturated carbocycles. The molecular formula is C17H24N4O2S. The van der Waals surface area contributed by atoms with Gasteiger partial charge in [-0.2, -0.15) is 0 Å². The van der Waals surface area contributed by atoms with E-state index in [2.05, 4.69) is 10.3 Å². The molecule has 0 bridgehead atoms. The van der Waals surface area contributed by atoms with Gasteiger partial charge in [0.05, 0.1) is 5.69 Å². The Balaban J connectivity index is 1.31. The highest BCUT2D eigenvalue weighted by atomic mass is 32.1. The predicted octanol–water partition coefficient (Wildman–Crippen LogP) is 2.64. The minimum absolute atomic E-state index is 0.0488. The number of hydrogen-bond donors (Lipinski definition) is 1. The number of carbonyl (C=O) groups is 2. The molecule has 24 heavy (non-hydrogen) atoms. The largest absolute Gasteiger partial charge is 0.340 e. The maximum atomic E-state index is 12.5. The molecule has 3 aliphatic rings. The second kappa shape index (κ2) is 6.70. The first-order chi connectivity index (χ1) is 11.7. The molecule has 0 spiro atoms. The van der Waals surface area contributed by atoms with Crippen LogP contribution in [0.2, 0.25) is 0 Å². The van der Waals surface area contributed by atoms with Crippen molar-refractivity contribution in [3.8, 4) is 0 Å². The Bertz CT molecular complexity index is 613. The fourth-order valence-electron chi connectivity index (χ4n) is 4.01. The van der Waals surface area contributed by atoms with Crippen LogP contribution in [0.5, 0.6) is 0 Å². The zero-order valence-corrected chi connectivity index (χ0v) is 14.7. The van der Waals surface area contributed by atoms with E-state index in [1.807, 2.05) is 9.80 Å². The monoisotopic (exact) mass is 348 g/mol. The van der Waals surface area contributed by atoms with E-state index in [0.29, 0.717) is 25.6 Å². The van der Waals surface area contributed by atoms with Crippen molar-refractivity contribution in [2.45, 2.75) is 57.4 Å². The summed E-state index contributed by atoms with van der Waals surface area (Å²) >= 11 is 1.63. The second-order valence-electron chi connectivity index (χ2n) is 6.94. The third kappa shape index (κ3) is 3.14. The summed E-state index contributed by atoms with van der Waals surface area (Å²) in [4.78, 5) is 34.1. The molecule has 3 heterocycles. The zero-order chi connectivity index (χ0) is 16.5. The average molecular weight is 348 g/mol. The maximum absolute atomic E-state index is 12.5. The van der Waals surface area contributed by atoms with E-state index in [4.69, 9.17) is 0 Å². The van der Waals surface area contributed by atoms with Crippen LogP contribution in [0.15, 0.2) is 0 Å². The maximum Gasteiger partial charge on any atom is 0.323 e. The van der Waals surface area contributed by atoms with Gasteiger partial charge in [-0.3, -0.25) is 10.1 Å². The standard InChI is InChI=1S/C17H24N4O2S/c22-15-6-3-9-21(15)12-7-10-20(11-8-12)17(23)19-16-18-13-4-1-2-5-14(13)24-16/h12H,1-11H2,(H,18,19,23). The molecule has 7 heteroatoms. The van der Waals surface area contributed by atoms with Crippen molar-refractivity contribution in [2.75, 3.05) is 25.0 Å². The number of hydrogen-bond acceptors (Lipinski definition) is 4. The lowest BCUT2D eigenvalue weighted by atomic mass is 10.0. The Kier molecular flexibility index (Phi) is 4.43. The SMILES string of the molecule is O=C(Nc1nc2c(s1)CCCC2)N1CCC(N2CCCC2=O)CC1. The molecule has 130 valence electrons. The minimum Gasteiger partial charge on any atom is -0.340 e. The number of piperidine rings is 1. The summed E-state index contributed by atoms with van der Waals surface area (Å²) in [5.74, 6) is 0.284. The second-order valence-corrected chi connectivity index (χ2v) is 8.02. The lowest BCUT2D eigenvalue weighted by molar-refractivity contribution is -0.130. The number of rotatable bonds is 2. The molecule has 2 saturated heterocycles. The van der Waals surface area contributed by atoms with Crippen LogP contribution in [0.1, 0.15) is 49.1 Å². The number of anilines is 1. The topological polar surface area (TPSA) is 65.5 Å². The number of aryl methyl sites for hydroxylation is 2. The summed E-state index contributed by atoms with van der Waals surface area (Å²) in [7, 11) is 0. The number of fused-ring (bicyclic) bond motifs is 1. The molecule has 1 aliphatic carbocycles. The van der Waals surface area contributed by atoms with Crippen LogP contribution in [0.25, 0.3) is 0 Å². The van der Waals surface area contributed by atoms with E-state index in [1.54, 1.807) is 11.3 Å². The number of nitrogens with zero attached hydrogens (tertiary/aromatic N) is 3. The number of thiazole rings is 1. The highest BCUT2D eigenvalue weighted by Gasteiger charge is 2.32. The van der Waals surface area contributed by atoms with Crippen LogP contribution in [0, 0.1) is 0 Å². The van der Waals surface area contributed by atoms with E-state index < -0.39 is 0 Å². The fraction of sp³-hybridized carbons (Fsp3) is 0.706. The van der Waals surface area contributed by atoms with Crippen molar-refractivity contribution in [1.82, 2.24) is 14.8 Å². The normalized spacial score (nSPS) is 21.9. The highest BCUT2D eigenvalue weighted by molar-refractivity contribution is 7.15. The van der Waals surface area contributed by atoms with Crippen LogP contribution in [0.3, 0.4) is 0 Å². The third-order valence-electron chi connectivity index (χ3n) is 5.36. The molecule has 2 fully saturated rings. The van der Waals surface area contributed by atoms with Gasteiger partial charge in [0.25, 0.3) is 0 Å². The summed E-state index contributed by atoms with van der Waals surface area (Å²) in [5.41, 5.74) is 1.17. The van der Waals surface area contributed by atoms with Crippen molar-refractivity contribution in [2.24, 2.45) is 0 Å². The summed E-state index contributed by atoms with van der Waals surface area (Å²) in [6, 6.07) is 0.267. The van der Waals surface area contributed by atoms with Gasteiger partial charge in [0.15, 0.2) is 5.13 Å². The molecule has 0 unspecified atom stereocenters. The van der Waals surface area contributed by atoms with Gasteiger partial charge in [0.1, 0.15) is 0 Å². The summed E-state index contributed by atoms with van der Waals surface area (Å²) in [6.07, 6.45) is 8.00. The van der Waals surface area contributed by atoms with Crippen molar-refractivity contribution in [1.29, 1.82) is 0 Å². The summed E-state index contributed by atoms with van der Waals surface area (Å²) in [6.45, 7) is 2.32. The molecule has 1 aromatic rings. The van der Waals surface area contributed by atoms with Gasteiger partial charge in [-0.25, -0.2) is 9.78 Å². The van der Waals surface area contributed by atoms with Gasteiger partial charge in [0.2, 0.25) is 5.91 Å². The minimum atomic E-state index is -0.0488. The van der Waals surface area contributed by atoms with Gasteiger partial charge in [-0.1, -0.05) is 0 Å². The number of likely N-dealkylation sites (tertiary alicyclic amines) is 2. The molecule has 1 aromatic heterocycles. The van der Waals surface area contributed by atoms with Crippen LogP contribution in [0.4, 0.5) is 9.93 Å². The van der Waals surface area contributed by atoms with E-state index in [-0.39, 0.29) is 11.9 Å². The Labute approximate surface area is 146 Å². The van der Waals surface area contributed by atoms with Crippen LogP contribution in [-0.2, 0) is 17.6 Å². The first-order valence-electron chi connectivity index (χ1n) is 9.04. The van der Waals surface area contributed by atoms with Gasteiger partial charge in [-0.15, -0.1) is 11.3 Å². The van der Waals surface area contributed by atoms with Crippen LogP contribution in [-0.4, -0.2) is 52.4 Å². The van der Waals surface area contributed by atoms with Gasteiger partial charge >= 0.3 is 6.03 Å². The Hall–Kier alpha value is -1.63. The lowest BCUT2D eigenvalue weighted by Gasteiger charge is -2.36. The quantitative estimate of drug-likeness (QED) is 0.893. The molecule has 6 nitrogen and oxygen atoms in total. The number of amides is 3. The van der Waals surface area contributed by atoms with Crippen molar-refractivity contribution < 1.29 is 9.59 Å². The van der Waals surface area contributed by atoms with Crippen LogP contribution >= 0.6 is 11.3 Å². The molecule has 2 aliphatic heterocycles. The van der Waals surface area contributed by atoms with Crippen LogP contribution < -0.4 is 5.32 Å². The van der Waals surface area contributed by atoms with E-state index in [0.717, 1.165) is 43.8 Å². The average Bonchev–Trinajstić information content (AvgIpc) is 3.20. The Morgan fingerprint density at radius 1 is 1.08 bits per heavy atom. The molecule has 0 radical (unpaired) electrons. The lowest BCUT2D eigenvalue weighted by Crippen LogP contribution is -2.48. The molecule has 4 rings (SSSR count). The molecular weight excluding hydrogens is 324 g/mol. The smallest absolute Gasteiger partial charge is 0.323 e. The number of nitrogens with one attached hydrogen (secondary N) is 1. The molecule has 0 aromatic carbocycles. The van der Waals surface area contributed by atoms with Crippen molar-refractivity contribution in [3.63, 3.8) is 0 Å². The zero-order valence-electron chi connectivity index (χ0n) is 13.9. The number of carbonyl (C=O) groups excluding carboxylic acids is 2. The summed E-state index contributed by atoms with van der Waals surface area (Å²) in [5, 5.41) is 3.72. The Morgan fingerprint density at radius 3 is 2.58 bits per heavy atom. The third-order valence-corrected chi connectivity index (χ3v) is 6.43. The van der Waals surface area contributed by atoms with Gasteiger partial charge < -0.3 is 9.80 Å². The highest BCUT2D eigenvalue weighted by Crippen LogP contribution is 2.30. The first-order valence-corrected chi connectivity index (χ1v) is 9.86. The van der Waals surface area contributed by atoms with Gasteiger partial charge in [0, 0.05) is 37.0 Å². The number of aromatic nitrogens is 1. The molecule has 3 amide bonds. The van der Waals surface area contributed by atoms with E-state index in [9.17, 15) is 9.59 Å². The first kappa shape index (κ1) is 15.9. The van der Waals surface area contributed by atoms with Crippen molar-refractivity contribution in [3.05, 3.63) is 10.6 Å². The molecule has 1 N–H and O–H groups in total. The predicted molar refractivity (Wildman–Crippen MR) is 93.3 cm³/mol. The Morgan fingerprint density at radius 2 is 1.88 bits per heavy atom. The number of urea groups is 1. The molecule has 0 atom stereocenters. The van der Waals surface area contributed by atoms with Crippen molar-refractivity contribution >= 4 is 28.4 Å². The van der Waals surface area contributed by atoms with Gasteiger partial charge in [-0.05, 0) is 44.9 Å². The van der Waals surface area contributed by atoms with E-state index in [1.165, 1.54) is 23.4 Å². The van der Waals surface area contributed by atoms with E-state index >= 15 is 0 Å².